The van der Waals surface area contributed by atoms with Crippen molar-refractivity contribution >= 4 is 12.1 Å². The molecular weight excluding hydrogens is 274 g/mol. The summed E-state index contributed by atoms with van der Waals surface area (Å²) in [5.41, 5.74) is 0.922. The van der Waals surface area contributed by atoms with Gasteiger partial charge in [0, 0.05) is 6.42 Å². The van der Waals surface area contributed by atoms with E-state index in [4.69, 9.17) is 9.62 Å². The summed E-state index contributed by atoms with van der Waals surface area (Å²) < 4.78 is 5.12. The van der Waals surface area contributed by atoms with E-state index < -0.39 is 12.1 Å². The van der Waals surface area contributed by atoms with Crippen LogP contribution in [-0.2, 0) is 25.9 Å². The van der Waals surface area contributed by atoms with Gasteiger partial charge in [-0.15, -0.1) is 0 Å². The number of carbonyl (C=O) groups excluding carboxylic acids is 2. The van der Waals surface area contributed by atoms with E-state index in [1.807, 2.05) is 30.3 Å². The number of alkyl carbamates (subject to hydrolysis) is 1. The van der Waals surface area contributed by atoms with Crippen molar-refractivity contribution in [3.05, 3.63) is 35.9 Å². The van der Waals surface area contributed by atoms with E-state index >= 15 is 0 Å². The molecule has 1 aliphatic rings. The van der Waals surface area contributed by atoms with E-state index in [1.54, 1.807) is 6.92 Å². The summed E-state index contributed by atoms with van der Waals surface area (Å²) in [4.78, 5) is 32.2. The maximum Gasteiger partial charge on any atom is 0.407 e. The molecule has 2 unspecified atom stereocenters. The van der Waals surface area contributed by atoms with Crippen LogP contribution in [0.25, 0.3) is 0 Å². The van der Waals surface area contributed by atoms with Gasteiger partial charge >= 0.3 is 12.1 Å². The van der Waals surface area contributed by atoms with Crippen molar-refractivity contribution in [3.8, 4) is 0 Å². The fraction of sp³-hybridized carbons (Fsp3) is 0.467. The van der Waals surface area contributed by atoms with Gasteiger partial charge in [-0.1, -0.05) is 37.3 Å². The Morgan fingerprint density at radius 3 is 2.62 bits per heavy atom. The van der Waals surface area contributed by atoms with Crippen LogP contribution in [0.2, 0.25) is 0 Å². The summed E-state index contributed by atoms with van der Waals surface area (Å²) in [6.07, 6.45) is 0.961. The molecule has 2 atom stereocenters. The average Bonchev–Trinajstić information content (AvgIpc) is 2.50. The third-order valence-corrected chi connectivity index (χ3v) is 3.28. The number of benzene rings is 1. The Balaban J connectivity index is 1.67. The quantitative estimate of drug-likeness (QED) is 0.643. The molecule has 2 rings (SSSR count). The van der Waals surface area contributed by atoms with Crippen LogP contribution in [0.15, 0.2) is 30.3 Å². The molecule has 114 valence electrons. The SMILES string of the molecule is CCC(=O)OOC1CCC1NC(=O)OCc1ccccc1. The van der Waals surface area contributed by atoms with E-state index in [-0.39, 0.29) is 25.2 Å². The Morgan fingerprint density at radius 2 is 2.00 bits per heavy atom. The van der Waals surface area contributed by atoms with Crippen LogP contribution in [0.4, 0.5) is 4.79 Å². The van der Waals surface area contributed by atoms with Crippen LogP contribution in [0.3, 0.4) is 0 Å². The second kappa shape index (κ2) is 7.64. The molecule has 1 aliphatic carbocycles. The molecule has 1 aromatic carbocycles. The predicted octanol–water partition coefficient (Wildman–Crippen LogP) is 2.33. The lowest BCUT2D eigenvalue weighted by molar-refractivity contribution is -0.314. The first-order valence-corrected chi connectivity index (χ1v) is 7.02. The summed E-state index contributed by atoms with van der Waals surface area (Å²) in [6, 6.07) is 9.25. The van der Waals surface area contributed by atoms with Gasteiger partial charge in [0.15, 0.2) is 0 Å². The fourth-order valence-electron chi connectivity index (χ4n) is 1.84. The molecular formula is C15H19NO5. The minimum atomic E-state index is -0.501. The molecule has 1 N–H and O–H groups in total. The number of hydrogen-bond acceptors (Lipinski definition) is 5. The number of carbonyl (C=O) groups is 2. The lowest BCUT2D eigenvalue weighted by atomic mass is 9.89. The first-order valence-electron chi connectivity index (χ1n) is 7.02. The largest absolute Gasteiger partial charge is 0.445 e. The zero-order valence-corrected chi connectivity index (χ0v) is 11.9. The molecule has 0 spiro atoms. The number of nitrogens with one attached hydrogen (secondary N) is 1. The maximum absolute atomic E-state index is 11.7. The highest BCUT2D eigenvalue weighted by molar-refractivity contribution is 5.68. The second-order valence-corrected chi connectivity index (χ2v) is 4.83. The van der Waals surface area contributed by atoms with Crippen molar-refractivity contribution in [2.75, 3.05) is 0 Å². The van der Waals surface area contributed by atoms with Gasteiger partial charge in [-0.3, -0.25) is 4.89 Å². The number of amides is 1. The number of rotatable bonds is 6. The molecule has 6 heteroatoms. The van der Waals surface area contributed by atoms with Gasteiger partial charge in [-0.25, -0.2) is 9.59 Å². The first kappa shape index (κ1) is 15.3. The molecule has 0 heterocycles. The molecule has 6 nitrogen and oxygen atoms in total. The van der Waals surface area contributed by atoms with E-state index in [2.05, 4.69) is 10.2 Å². The van der Waals surface area contributed by atoms with Crippen molar-refractivity contribution in [3.63, 3.8) is 0 Å². The van der Waals surface area contributed by atoms with Crippen LogP contribution >= 0.6 is 0 Å². The minimum absolute atomic E-state index is 0.182. The average molecular weight is 293 g/mol. The molecule has 0 radical (unpaired) electrons. The minimum Gasteiger partial charge on any atom is -0.445 e. The standard InChI is InChI=1S/C15H19NO5/c1-2-14(17)21-20-13-9-8-12(13)16-15(18)19-10-11-6-4-3-5-7-11/h3-7,12-13H,2,8-10H2,1H3,(H,16,18). The van der Waals surface area contributed by atoms with Crippen molar-refractivity contribution in [1.29, 1.82) is 0 Å². The zero-order chi connectivity index (χ0) is 15.1. The predicted molar refractivity (Wildman–Crippen MR) is 74.0 cm³/mol. The van der Waals surface area contributed by atoms with Crippen LogP contribution in [0.1, 0.15) is 31.7 Å². The molecule has 0 saturated heterocycles. The summed E-state index contributed by atoms with van der Waals surface area (Å²) in [5, 5.41) is 2.70. The summed E-state index contributed by atoms with van der Waals surface area (Å²) in [7, 11) is 0. The highest BCUT2D eigenvalue weighted by Crippen LogP contribution is 2.23. The monoisotopic (exact) mass is 293 g/mol. The Morgan fingerprint density at radius 1 is 1.24 bits per heavy atom. The molecule has 1 aromatic rings. The topological polar surface area (TPSA) is 73.9 Å². The highest BCUT2D eigenvalue weighted by Gasteiger charge is 2.35. The molecule has 0 aromatic heterocycles. The zero-order valence-electron chi connectivity index (χ0n) is 11.9. The van der Waals surface area contributed by atoms with Gasteiger partial charge in [0.1, 0.15) is 12.7 Å². The lowest BCUT2D eigenvalue weighted by Gasteiger charge is -2.34. The van der Waals surface area contributed by atoms with Gasteiger partial charge in [-0.2, -0.15) is 4.89 Å². The highest BCUT2D eigenvalue weighted by atomic mass is 17.2. The Kier molecular flexibility index (Phi) is 5.57. The van der Waals surface area contributed by atoms with Crippen molar-refractivity contribution in [1.82, 2.24) is 5.32 Å². The Bertz CT molecular complexity index is 476. The van der Waals surface area contributed by atoms with Crippen molar-refractivity contribution in [2.24, 2.45) is 0 Å². The second-order valence-electron chi connectivity index (χ2n) is 4.83. The number of ether oxygens (including phenoxy) is 1. The van der Waals surface area contributed by atoms with Crippen molar-refractivity contribution < 1.29 is 24.1 Å². The molecule has 1 saturated carbocycles. The van der Waals surface area contributed by atoms with Crippen LogP contribution in [0, 0.1) is 0 Å². The van der Waals surface area contributed by atoms with Gasteiger partial charge in [0.2, 0.25) is 0 Å². The summed E-state index contributed by atoms with van der Waals surface area (Å²) in [6.45, 7) is 1.90. The van der Waals surface area contributed by atoms with E-state index in [0.717, 1.165) is 18.4 Å². The molecule has 0 aliphatic heterocycles. The normalized spacial score (nSPS) is 20.2. The van der Waals surface area contributed by atoms with Gasteiger partial charge in [0.25, 0.3) is 0 Å². The number of hydrogen-bond donors (Lipinski definition) is 1. The molecule has 1 amide bonds. The maximum atomic E-state index is 11.7. The Hall–Kier alpha value is -2.08. The molecule has 0 bridgehead atoms. The lowest BCUT2D eigenvalue weighted by Crippen LogP contribution is -2.51. The molecule has 21 heavy (non-hydrogen) atoms. The van der Waals surface area contributed by atoms with E-state index in [9.17, 15) is 9.59 Å². The van der Waals surface area contributed by atoms with Crippen LogP contribution < -0.4 is 5.32 Å². The van der Waals surface area contributed by atoms with Gasteiger partial charge in [-0.05, 0) is 18.4 Å². The van der Waals surface area contributed by atoms with Gasteiger partial charge in [0.05, 0.1) is 6.04 Å². The van der Waals surface area contributed by atoms with E-state index in [1.165, 1.54) is 0 Å². The third kappa shape index (κ3) is 4.75. The van der Waals surface area contributed by atoms with E-state index in [0.29, 0.717) is 0 Å². The first-order chi connectivity index (χ1) is 10.2. The molecule has 1 fully saturated rings. The van der Waals surface area contributed by atoms with Crippen LogP contribution in [0.5, 0.6) is 0 Å². The van der Waals surface area contributed by atoms with Gasteiger partial charge < -0.3 is 10.1 Å². The fourth-order valence-corrected chi connectivity index (χ4v) is 1.84. The van der Waals surface area contributed by atoms with Crippen molar-refractivity contribution in [2.45, 2.75) is 44.9 Å². The smallest absolute Gasteiger partial charge is 0.407 e. The van der Waals surface area contributed by atoms with Crippen LogP contribution in [-0.4, -0.2) is 24.2 Å². The summed E-state index contributed by atoms with van der Waals surface area (Å²) in [5.74, 6) is -0.424. The summed E-state index contributed by atoms with van der Waals surface area (Å²) >= 11 is 0. The Labute approximate surface area is 123 Å². The third-order valence-electron chi connectivity index (χ3n) is 3.28.